The molecule has 1 heterocycles. The fourth-order valence-electron chi connectivity index (χ4n) is 2.41. The second-order valence-electron chi connectivity index (χ2n) is 8.62. The number of alkyl carbamates (subject to hydrolysis) is 1. The number of rotatable bonds is 4. The number of carbonyl (C=O) groups excluding carboxylic acids is 2. The average molecular weight is 376 g/mol. The maximum Gasteiger partial charge on any atom is 0.494 e. The molecule has 0 unspecified atom stereocenters. The molecule has 2 amide bonds. The molecule has 1 aliphatic heterocycles. The van der Waals surface area contributed by atoms with Crippen molar-refractivity contribution in [2.45, 2.75) is 65.3 Å². The van der Waals surface area contributed by atoms with Gasteiger partial charge in [0, 0.05) is 5.69 Å². The van der Waals surface area contributed by atoms with Crippen molar-refractivity contribution >= 4 is 30.3 Å². The molecule has 0 aromatic heterocycles. The molecule has 1 fully saturated rings. The minimum Gasteiger partial charge on any atom is -0.444 e. The zero-order valence-electron chi connectivity index (χ0n) is 17.1. The van der Waals surface area contributed by atoms with Crippen LogP contribution in [0.15, 0.2) is 24.3 Å². The molecule has 0 radical (unpaired) electrons. The van der Waals surface area contributed by atoms with E-state index in [1.807, 2.05) is 39.8 Å². The number of nitrogens with one attached hydrogen (secondary N) is 2. The van der Waals surface area contributed by atoms with Crippen LogP contribution in [0.25, 0.3) is 0 Å². The van der Waals surface area contributed by atoms with E-state index in [2.05, 4.69) is 10.6 Å². The lowest BCUT2D eigenvalue weighted by atomic mass is 9.79. The first-order chi connectivity index (χ1) is 12.3. The van der Waals surface area contributed by atoms with Gasteiger partial charge in [-0.05, 0) is 66.1 Å². The van der Waals surface area contributed by atoms with Gasteiger partial charge in [0.25, 0.3) is 0 Å². The number of ether oxygens (including phenoxy) is 1. The number of benzene rings is 1. The Hall–Kier alpha value is -2.06. The van der Waals surface area contributed by atoms with Gasteiger partial charge in [0.2, 0.25) is 5.91 Å². The van der Waals surface area contributed by atoms with E-state index < -0.39 is 30.0 Å². The van der Waals surface area contributed by atoms with E-state index in [4.69, 9.17) is 14.0 Å². The van der Waals surface area contributed by atoms with Gasteiger partial charge in [-0.25, -0.2) is 4.79 Å². The number of hydrogen-bond donors (Lipinski definition) is 2. The maximum atomic E-state index is 12.1. The fourth-order valence-corrected chi connectivity index (χ4v) is 2.41. The highest BCUT2D eigenvalue weighted by molar-refractivity contribution is 6.62. The predicted molar refractivity (Wildman–Crippen MR) is 105 cm³/mol. The third-order valence-electron chi connectivity index (χ3n) is 4.49. The highest BCUT2D eigenvalue weighted by Crippen LogP contribution is 2.36. The summed E-state index contributed by atoms with van der Waals surface area (Å²) in [5.74, 6) is -0.355. The molecule has 1 aromatic rings. The molecule has 2 rings (SSSR count). The van der Waals surface area contributed by atoms with Gasteiger partial charge in [0.05, 0.1) is 11.2 Å². The summed E-state index contributed by atoms with van der Waals surface area (Å²) in [5.41, 5.74) is -0.0787. The summed E-state index contributed by atoms with van der Waals surface area (Å²) in [6, 6.07) is 7.27. The lowest BCUT2D eigenvalue weighted by Gasteiger charge is -2.32. The van der Waals surface area contributed by atoms with Crippen molar-refractivity contribution in [3.63, 3.8) is 0 Å². The summed E-state index contributed by atoms with van der Waals surface area (Å²) < 4.78 is 17.2. The summed E-state index contributed by atoms with van der Waals surface area (Å²) in [6.07, 6.45) is -0.636. The Morgan fingerprint density at radius 1 is 1.11 bits per heavy atom. The van der Waals surface area contributed by atoms with E-state index in [0.717, 1.165) is 5.46 Å². The van der Waals surface area contributed by atoms with E-state index in [9.17, 15) is 9.59 Å². The van der Waals surface area contributed by atoms with Crippen LogP contribution >= 0.6 is 0 Å². The lowest BCUT2D eigenvalue weighted by molar-refractivity contribution is -0.115. The highest BCUT2D eigenvalue weighted by atomic mass is 16.7. The van der Waals surface area contributed by atoms with E-state index in [-0.39, 0.29) is 12.5 Å². The number of anilines is 1. The van der Waals surface area contributed by atoms with E-state index >= 15 is 0 Å². The van der Waals surface area contributed by atoms with Crippen molar-refractivity contribution in [2.75, 3.05) is 11.9 Å². The monoisotopic (exact) mass is 376 g/mol. The van der Waals surface area contributed by atoms with Gasteiger partial charge in [0.1, 0.15) is 12.1 Å². The first-order valence-corrected chi connectivity index (χ1v) is 9.01. The fraction of sp³-hybridized carbons (Fsp3) is 0.579. The van der Waals surface area contributed by atoms with Crippen molar-refractivity contribution in [1.82, 2.24) is 5.32 Å². The quantitative estimate of drug-likeness (QED) is 0.789. The molecule has 27 heavy (non-hydrogen) atoms. The van der Waals surface area contributed by atoms with Gasteiger partial charge in [-0.1, -0.05) is 12.1 Å². The molecular weight excluding hydrogens is 347 g/mol. The standard InChI is InChI=1S/C19H29BN2O5/c1-17(2,3)25-16(24)21-12-15(23)22-14-10-8-9-13(11-14)20-26-18(4,5)19(6,7)27-20/h8-11H,12H2,1-7H3,(H,21,24)(H,22,23). The minimum atomic E-state index is -0.636. The normalized spacial score (nSPS) is 18.1. The summed E-state index contributed by atoms with van der Waals surface area (Å²) in [5, 5.41) is 5.17. The van der Waals surface area contributed by atoms with Crippen LogP contribution in [0, 0.1) is 0 Å². The van der Waals surface area contributed by atoms with Gasteiger partial charge in [0.15, 0.2) is 0 Å². The zero-order valence-corrected chi connectivity index (χ0v) is 17.1. The van der Waals surface area contributed by atoms with Crippen LogP contribution in [0.3, 0.4) is 0 Å². The van der Waals surface area contributed by atoms with Crippen LogP contribution in [0.2, 0.25) is 0 Å². The molecule has 0 saturated carbocycles. The Balaban J connectivity index is 1.94. The van der Waals surface area contributed by atoms with Crippen molar-refractivity contribution in [3.8, 4) is 0 Å². The minimum absolute atomic E-state index is 0.185. The Kier molecular flexibility index (Phi) is 5.92. The summed E-state index contributed by atoms with van der Waals surface area (Å²) >= 11 is 0. The molecule has 8 heteroatoms. The molecular formula is C19H29BN2O5. The molecule has 0 atom stereocenters. The van der Waals surface area contributed by atoms with Crippen LogP contribution < -0.4 is 16.1 Å². The Bertz CT molecular complexity index is 696. The number of carbonyl (C=O) groups is 2. The molecule has 0 aliphatic carbocycles. The highest BCUT2D eigenvalue weighted by Gasteiger charge is 2.51. The molecule has 1 saturated heterocycles. The maximum absolute atomic E-state index is 12.1. The van der Waals surface area contributed by atoms with Crippen LogP contribution in [-0.2, 0) is 18.8 Å². The smallest absolute Gasteiger partial charge is 0.444 e. The van der Waals surface area contributed by atoms with Crippen molar-refractivity contribution in [1.29, 1.82) is 0 Å². The average Bonchev–Trinajstić information content (AvgIpc) is 2.72. The molecule has 2 N–H and O–H groups in total. The Labute approximate surface area is 161 Å². The van der Waals surface area contributed by atoms with Crippen molar-refractivity contribution < 1.29 is 23.6 Å². The molecule has 148 valence electrons. The SMILES string of the molecule is CC(C)(C)OC(=O)NCC(=O)Nc1cccc(B2OC(C)(C)C(C)(C)O2)c1. The van der Waals surface area contributed by atoms with Crippen LogP contribution in [0.5, 0.6) is 0 Å². The van der Waals surface area contributed by atoms with E-state index in [1.165, 1.54) is 0 Å². The first kappa shape index (κ1) is 21.2. The first-order valence-electron chi connectivity index (χ1n) is 9.01. The van der Waals surface area contributed by atoms with Gasteiger partial charge in [-0.15, -0.1) is 0 Å². The molecule has 1 aliphatic rings. The van der Waals surface area contributed by atoms with E-state index in [0.29, 0.717) is 5.69 Å². The van der Waals surface area contributed by atoms with Crippen LogP contribution in [0.4, 0.5) is 10.5 Å². The van der Waals surface area contributed by atoms with Crippen molar-refractivity contribution in [3.05, 3.63) is 24.3 Å². The molecule has 7 nitrogen and oxygen atoms in total. The second kappa shape index (κ2) is 7.52. The lowest BCUT2D eigenvalue weighted by Crippen LogP contribution is -2.41. The topological polar surface area (TPSA) is 85.9 Å². The Morgan fingerprint density at radius 3 is 2.26 bits per heavy atom. The second-order valence-corrected chi connectivity index (χ2v) is 8.62. The summed E-state index contributed by atoms with van der Waals surface area (Å²) in [4.78, 5) is 23.7. The third kappa shape index (κ3) is 5.71. The Morgan fingerprint density at radius 2 is 1.70 bits per heavy atom. The molecule has 1 aromatic carbocycles. The summed E-state index contributed by atoms with van der Waals surface area (Å²) in [6.45, 7) is 13.0. The zero-order chi connectivity index (χ0) is 20.5. The van der Waals surface area contributed by atoms with Gasteiger partial charge < -0.3 is 24.7 Å². The number of hydrogen-bond acceptors (Lipinski definition) is 5. The van der Waals surface area contributed by atoms with E-state index in [1.54, 1.807) is 32.9 Å². The van der Waals surface area contributed by atoms with Gasteiger partial charge in [-0.3, -0.25) is 4.79 Å². The van der Waals surface area contributed by atoms with Crippen LogP contribution in [0.1, 0.15) is 48.5 Å². The number of amides is 2. The predicted octanol–water partition coefficient (Wildman–Crippen LogP) is 2.45. The van der Waals surface area contributed by atoms with Crippen molar-refractivity contribution in [2.24, 2.45) is 0 Å². The van der Waals surface area contributed by atoms with Gasteiger partial charge >= 0.3 is 13.2 Å². The van der Waals surface area contributed by atoms with Crippen LogP contribution in [-0.4, -0.2) is 42.5 Å². The molecule has 0 spiro atoms. The summed E-state index contributed by atoms with van der Waals surface area (Å²) in [7, 11) is -0.508. The third-order valence-corrected chi connectivity index (χ3v) is 4.49. The van der Waals surface area contributed by atoms with Gasteiger partial charge in [-0.2, -0.15) is 0 Å². The molecule has 0 bridgehead atoms. The largest absolute Gasteiger partial charge is 0.494 e.